The standard InChI is InChI=1S/C22H16N4O5S2/c23-33(30,31)19-12-8-16(9-13-19)24-22-25(17-4-2-1-3-5-17)21(27)20(32-22)14-15-6-10-18(11-7-15)26(28)29/h1-14H,(H2,23,30,31). The second-order valence-electron chi connectivity index (χ2n) is 6.87. The lowest BCUT2D eigenvalue weighted by atomic mass is 10.2. The van der Waals surface area contributed by atoms with Gasteiger partial charge < -0.3 is 0 Å². The summed E-state index contributed by atoms with van der Waals surface area (Å²) >= 11 is 1.14. The molecule has 0 atom stereocenters. The number of primary sulfonamides is 1. The molecule has 1 aliphatic rings. The van der Waals surface area contributed by atoms with Gasteiger partial charge >= 0.3 is 0 Å². The highest BCUT2D eigenvalue weighted by molar-refractivity contribution is 8.19. The second kappa shape index (κ2) is 8.98. The number of nitro benzene ring substituents is 1. The number of nitrogens with two attached hydrogens (primary N) is 1. The first-order valence-corrected chi connectivity index (χ1v) is 11.8. The number of sulfonamides is 1. The van der Waals surface area contributed by atoms with E-state index in [1.807, 2.05) is 6.07 Å². The van der Waals surface area contributed by atoms with E-state index in [4.69, 9.17) is 5.14 Å². The maximum Gasteiger partial charge on any atom is 0.271 e. The van der Waals surface area contributed by atoms with Gasteiger partial charge in [0.25, 0.3) is 11.6 Å². The number of hydrogen-bond donors (Lipinski definition) is 1. The van der Waals surface area contributed by atoms with Crippen LogP contribution in [0.1, 0.15) is 5.56 Å². The maximum absolute atomic E-state index is 13.2. The van der Waals surface area contributed by atoms with Crippen molar-refractivity contribution in [3.05, 3.63) is 99.4 Å². The number of thioether (sulfide) groups is 1. The Morgan fingerprint density at radius 2 is 1.61 bits per heavy atom. The molecule has 1 saturated heterocycles. The number of non-ortho nitro benzene ring substituents is 1. The van der Waals surface area contributed by atoms with Crippen LogP contribution in [0.3, 0.4) is 0 Å². The molecule has 3 aromatic rings. The van der Waals surface area contributed by atoms with Crippen LogP contribution in [0.5, 0.6) is 0 Å². The van der Waals surface area contributed by atoms with Crippen LogP contribution in [0.4, 0.5) is 17.1 Å². The van der Waals surface area contributed by atoms with Crippen molar-refractivity contribution in [3.8, 4) is 0 Å². The monoisotopic (exact) mass is 480 g/mol. The summed E-state index contributed by atoms with van der Waals surface area (Å²) in [5.74, 6) is -0.301. The summed E-state index contributed by atoms with van der Waals surface area (Å²) in [7, 11) is -3.83. The molecule has 11 heteroatoms. The number of nitro groups is 1. The molecule has 0 radical (unpaired) electrons. The Hall–Kier alpha value is -3.80. The number of nitrogens with zero attached hydrogens (tertiary/aromatic N) is 3. The quantitative estimate of drug-likeness (QED) is 0.332. The fourth-order valence-corrected chi connectivity index (χ4v) is 4.53. The number of rotatable bonds is 5. The molecule has 33 heavy (non-hydrogen) atoms. The summed E-state index contributed by atoms with van der Waals surface area (Å²) in [4.78, 5) is 29.9. The minimum atomic E-state index is -3.83. The average molecular weight is 481 g/mol. The smallest absolute Gasteiger partial charge is 0.268 e. The summed E-state index contributed by atoms with van der Waals surface area (Å²) in [5, 5.41) is 16.4. The predicted octanol–water partition coefficient (Wildman–Crippen LogP) is 4.05. The molecule has 0 saturated carbocycles. The second-order valence-corrected chi connectivity index (χ2v) is 9.44. The van der Waals surface area contributed by atoms with Crippen LogP contribution in [-0.2, 0) is 14.8 Å². The van der Waals surface area contributed by atoms with Crippen LogP contribution in [0, 0.1) is 10.1 Å². The van der Waals surface area contributed by atoms with Gasteiger partial charge in [0.15, 0.2) is 5.17 Å². The van der Waals surface area contributed by atoms with Crippen LogP contribution in [0.2, 0.25) is 0 Å². The third kappa shape index (κ3) is 5.00. The number of hydrogen-bond acceptors (Lipinski definition) is 7. The molecule has 3 aromatic carbocycles. The summed E-state index contributed by atoms with van der Waals surface area (Å²) in [6, 6.07) is 20.5. The molecule has 0 spiro atoms. The number of carbonyl (C=O) groups is 1. The summed E-state index contributed by atoms with van der Waals surface area (Å²) in [5.41, 5.74) is 1.64. The number of para-hydroxylation sites is 1. The molecule has 1 amide bonds. The Bertz CT molecular complexity index is 1380. The van der Waals surface area contributed by atoms with E-state index in [1.54, 1.807) is 42.5 Å². The number of anilines is 1. The molecule has 166 valence electrons. The first-order chi connectivity index (χ1) is 15.7. The topological polar surface area (TPSA) is 136 Å². The SMILES string of the molecule is NS(=O)(=O)c1ccc(N=C2SC(=Cc3ccc([N+](=O)[O-])cc3)C(=O)N2c2ccccc2)cc1. The molecule has 1 heterocycles. The predicted molar refractivity (Wildman–Crippen MR) is 128 cm³/mol. The normalized spacial score (nSPS) is 16.5. The number of benzene rings is 3. The van der Waals surface area contributed by atoms with Crippen molar-refractivity contribution in [3.63, 3.8) is 0 Å². The highest BCUT2D eigenvalue weighted by atomic mass is 32.2. The Morgan fingerprint density at radius 1 is 0.970 bits per heavy atom. The van der Waals surface area contributed by atoms with Crippen molar-refractivity contribution in [2.75, 3.05) is 4.90 Å². The zero-order valence-corrected chi connectivity index (χ0v) is 18.5. The lowest BCUT2D eigenvalue weighted by molar-refractivity contribution is -0.384. The third-order valence-electron chi connectivity index (χ3n) is 4.61. The van der Waals surface area contributed by atoms with Gasteiger partial charge in [0.05, 0.1) is 26.1 Å². The summed E-state index contributed by atoms with van der Waals surface area (Å²) < 4.78 is 23.0. The van der Waals surface area contributed by atoms with Crippen LogP contribution in [0.25, 0.3) is 6.08 Å². The van der Waals surface area contributed by atoms with E-state index in [0.717, 1.165) is 11.8 Å². The molecule has 9 nitrogen and oxygen atoms in total. The largest absolute Gasteiger partial charge is 0.271 e. The Balaban J connectivity index is 1.72. The van der Waals surface area contributed by atoms with Crippen LogP contribution in [-0.4, -0.2) is 24.4 Å². The van der Waals surface area contributed by atoms with E-state index >= 15 is 0 Å². The Kier molecular flexibility index (Phi) is 6.09. The van der Waals surface area contributed by atoms with Gasteiger partial charge in [-0.15, -0.1) is 0 Å². The van der Waals surface area contributed by atoms with E-state index in [2.05, 4.69) is 4.99 Å². The van der Waals surface area contributed by atoms with Gasteiger partial charge in [-0.05, 0) is 71.9 Å². The van der Waals surface area contributed by atoms with Crippen molar-refractivity contribution in [2.24, 2.45) is 10.1 Å². The van der Waals surface area contributed by atoms with E-state index in [1.165, 1.54) is 41.3 Å². The van der Waals surface area contributed by atoms with Gasteiger partial charge in [-0.3, -0.25) is 19.8 Å². The van der Waals surface area contributed by atoms with E-state index in [0.29, 0.717) is 27.0 Å². The first-order valence-electron chi connectivity index (χ1n) is 9.47. The number of aliphatic imine (C=N–C) groups is 1. The molecule has 1 fully saturated rings. The highest BCUT2D eigenvalue weighted by Gasteiger charge is 2.34. The van der Waals surface area contributed by atoms with Gasteiger partial charge in [0.1, 0.15) is 0 Å². The molecule has 0 unspecified atom stereocenters. The zero-order valence-electron chi connectivity index (χ0n) is 16.9. The fourth-order valence-electron chi connectivity index (χ4n) is 3.02. The molecule has 4 rings (SSSR count). The van der Waals surface area contributed by atoms with Crippen molar-refractivity contribution >= 4 is 56.0 Å². The minimum Gasteiger partial charge on any atom is -0.268 e. The highest BCUT2D eigenvalue weighted by Crippen LogP contribution is 2.37. The summed E-state index contributed by atoms with van der Waals surface area (Å²) in [6.07, 6.45) is 1.64. The first kappa shape index (κ1) is 22.4. The van der Waals surface area contributed by atoms with Crippen molar-refractivity contribution in [2.45, 2.75) is 4.90 Å². The van der Waals surface area contributed by atoms with Crippen molar-refractivity contribution < 1.29 is 18.1 Å². The summed E-state index contributed by atoms with van der Waals surface area (Å²) in [6.45, 7) is 0. The Labute approximate surface area is 193 Å². The fraction of sp³-hybridized carbons (Fsp3) is 0. The van der Waals surface area contributed by atoms with Gasteiger partial charge in [-0.25, -0.2) is 18.5 Å². The molecule has 0 aromatic heterocycles. The van der Waals surface area contributed by atoms with Crippen molar-refractivity contribution in [1.29, 1.82) is 0 Å². The minimum absolute atomic E-state index is 0.0414. The molecular weight excluding hydrogens is 464 g/mol. The average Bonchev–Trinajstić information content (AvgIpc) is 3.09. The molecule has 2 N–H and O–H groups in total. The number of amidine groups is 1. The molecule has 0 bridgehead atoms. The van der Waals surface area contributed by atoms with E-state index in [9.17, 15) is 23.3 Å². The van der Waals surface area contributed by atoms with E-state index < -0.39 is 14.9 Å². The molecule has 1 aliphatic heterocycles. The van der Waals surface area contributed by atoms with Crippen LogP contribution >= 0.6 is 11.8 Å². The zero-order chi connectivity index (χ0) is 23.6. The molecule has 0 aliphatic carbocycles. The van der Waals surface area contributed by atoms with Gasteiger partial charge in [0, 0.05) is 12.1 Å². The third-order valence-corrected chi connectivity index (χ3v) is 6.51. The molecular formula is C22H16N4O5S2. The lowest BCUT2D eigenvalue weighted by Gasteiger charge is -2.15. The van der Waals surface area contributed by atoms with Crippen molar-refractivity contribution in [1.82, 2.24) is 0 Å². The number of amides is 1. The van der Waals surface area contributed by atoms with Crippen LogP contribution < -0.4 is 10.0 Å². The maximum atomic E-state index is 13.2. The Morgan fingerprint density at radius 3 is 2.18 bits per heavy atom. The van der Waals surface area contributed by atoms with Gasteiger partial charge in [0.2, 0.25) is 10.0 Å². The number of carbonyl (C=O) groups excluding carboxylic acids is 1. The lowest BCUT2D eigenvalue weighted by Crippen LogP contribution is -2.28. The van der Waals surface area contributed by atoms with E-state index in [-0.39, 0.29) is 16.5 Å². The van der Waals surface area contributed by atoms with Crippen LogP contribution in [0.15, 0.2) is 93.7 Å². The van der Waals surface area contributed by atoms with Gasteiger partial charge in [-0.2, -0.15) is 0 Å². The van der Waals surface area contributed by atoms with Gasteiger partial charge in [-0.1, -0.05) is 18.2 Å².